The number of carbonyl (C=O) groups excluding carboxylic acids is 2. The lowest BCUT2D eigenvalue weighted by atomic mass is 10.0. The molecular formula is C27H20FN3O2S. The molecule has 0 spiro atoms. The highest BCUT2D eigenvalue weighted by Crippen LogP contribution is 2.42. The van der Waals surface area contributed by atoms with E-state index >= 15 is 0 Å². The molecule has 168 valence electrons. The van der Waals surface area contributed by atoms with Gasteiger partial charge in [0.2, 0.25) is 0 Å². The molecule has 1 heterocycles. The van der Waals surface area contributed by atoms with Crippen molar-refractivity contribution in [3.63, 3.8) is 0 Å². The number of nitrogens with zero attached hydrogens (tertiary/aromatic N) is 2. The number of nitrogens with one attached hydrogen (secondary N) is 1. The summed E-state index contributed by atoms with van der Waals surface area (Å²) in [5, 5.41) is 12.0. The zero-order valence-electron chi connectivity index (χ0n) is 18.6. The molecule has 2 amide bonds. The van der Waals surface area contributed by atoms with Gasteiger partial charge in [0, 0.05) is 21.0 Å². The largest absolute Gasteiger partial charge is 0.322 e. The van der Waals surface area contributed by atoms with Gasteiger partial charge < -0.3 is 5.32 Å². The van der Waals surface area contributed by atoms with Crippen molar-refractivity contribution in [2.24, 2.45) is 0 Å². The topological polar surface area (TPSA) is 73.2 Å². The fraction of sp³-hybridized carbons (Fsp3) is 0.148. The summed E-state index contributed by atoms with van der Waals surface area (Å²) in [5.74, 6) is 4.39. The number of nitriles is 1. The van der Waals surface area contributed by atoms with Gasteiger partial charge in [0.15, 0.2) is 0 Å². The summed E-state index contributed by atoms with van der Waals surface area (Å²) in [6.07, 6.45) is 0. The Hall–Kier alpha value is -4.07. The molecule has 3 aromatic carbocycles. The van der Waals surface area contributed by atoms with E-state index in [4.69, 9.17) is 5.26 Å². The molecule has 1 aliphatic rings. The Morgan fingerprint density at radius 1 is 1.15 bits per heavy atom. The molecule has 1 atom stereocenters. The number of rotatable bonds is 4. The second-order valence-corrected chi connectivity index (χ2v) is 8.76. The molecule has 0 saturated carbocycles. The van der Waals surface area contributed by atoms with Gasteiger partial charge >= 0.3 is 0 Å². The van der Waals surface area contributed by atoms with Gasteiger partial charge in [-0.3, -0.25) is 14.5 Å². The summed E-state index contributed by atoms with van der Waals surface area (Å²) in [5.41, 5.74) is 2.76. The van der Waals surface area contributed by atoms with E-state index in [1.165, 1.54) is 30.0 Å². The average molecular weight is 470 g/mol. The summed E-state index contributed by atoms with van der Waals surface area (Å²) >= 11 is 1.27. The van der Waals surface area contributed by atoms with Crippen LogP contribution in [0.15, 0.2) is 70.5 Å². The molecule has 0 bridgehead atoms. The number of hydrogen-bond acceptors (Lipinski definition) is 4. The minimum absolute atomic E-state index is 0.190. The Balaban J connectivity index is 1.69. The van der Waals surface area contributed by atoms with Crippen molar-refractivity contribution in [2.45, 2.75) is 29.6 Å². The zero-order valence-corrected chi connectivity index (χ0v) is 19.4. The first-order valence-corrected chi connectivity index (χ1v) is 11.4. The van der Waals surface area contributed by atoms with Crippen LogP contribution in [0, 0.1) is 29.0 Å². The minimum Gasteiger partial charge on any atom is -0.322 e. The van der Waals surface area contributed by atoms with Gasteiger partial charge in [-0.15, -0.1) is 5.92 Å². The van der Waals surface area contributed by atoms with Crippen LogP contribution < -0.4 is 10.2 Å². The van der Waals surface area contributed by atoms with Gasteiger partial charge in [-0.1, -0.05) is 29.8 Å². The van der Waals surface area contributed by atoms with E-state index in [9.17, 15) is 14.0 Å². The van der Waals surface area contributed by atoms with E-state index in [2.05, 4.69) is 23.2 Å². The SMILES string of the molecule is CC#CCN1C(=O)c2ccc(F)cc2Sc2cc(NC(=O)c3cccc(C(C)C#N)c3)ccc21. The van der Waals surface area contributed by atoms with Crippen LogP contribution >= 0.6 is 11.8 Å². The van der Waals surface area contributed by atoms with Crippen molar-refractivity contribution in [2.75, 3.05) is 16.8 Å². The molecule has 0 aliphatic carbocycles. The van der Waals surface area contributed by atoms with E-state index in [-0.39, 0.29) is 24.3 Å². The summed E-state index contributed by atoms with van der Waals surface area (Å²) < 4.78 is 13.9. The average Bonchev–Trinajstić information content (AvgIpc) is 2.95. The van der Waals surface area contributed by atoms with Crippen LogP contribution in [0.4, 0.5) is 15.8 Å². The van der Waals surface area contributed by atoms with Crippen molar-refractivity contribution < 1.29 is 14.0 Å². The number of fused-ring (bicyclic) bond motifs is 2. The first-order chi connectivity index (χ1) is 16.4. The number of carbonyl (C=O) groups is 2. The van der Waals surface area contributed by atoms with Crippen LogP contribution in [0.3, 0.4) is 0 Å². The Labute approximate surface area is 201 Å². The van der Waals surface area contributed by atoms with Crippen LogP contribution in [0.2, 0.25) is 0 Å². The Morgan fingerprint density at radius 3 is 2.74 bits per heavy atom. The van der Waals surface area contributed by atoms with Crippen LogP contribution in [0.5, 0.6) is 0 Å². The van der Waals surface area contributed by atoms with Gasteiger partial charge in [-0.25, -0.2) is 4.39 Å². The second kappa shape index (κ2) is 9.82. The van der Waals surface area contributed by atoms with Crippen molar-refractivity contribution in [1.29, 1.82) is 5.26 Å². The summed E-state index contributed by atoms with van der Waals surface area (Å²) in [6, 6.07) is 18.4. The van der Waals surface area contributed by atoms with Gasteiger partial charge in [0.05, 0.1) is 29.8 Å². The van der Waals surface area contributed by atoms with Crippen LogP contribution in [0.1, 0.15) is 46.0 Å². The highest BCUT2D eigenvalue weighted by Gasteiger charge is 2.27. The second-order valence-electron chi connectivity index (χ2n) is 7.67. The molecule has 0 radical (unpaired) electrons. The van der Waals surface area contributed by atoms with E-state index in [1.54, 1.807) is 55.1 Å². The number of halogens is 1. The first kappa shape index (κ1) is 23.1. The third-order valence-electron chi connectivity index (χ3n) is 5.40. The third kappa shape index (κ3) is 4.66. The van der Waals surface area contributed by atoms with Gasteiger partial charge in [-0.2, -0.15) is 5.26 Å². The number of anilines is 2. The standard InChI is InChI=1S/C27H20FN3O2S/c1-3-4-12-31-23-11-9-21(30-26(32)19-7-5-6-18(13-19)17(2)16-29)15-25(23)34-24-14-20(28)8-10-22(24)27(31)33/h5-11,13-15,17H,12H2,1-2H3,(H,30,32). The van der Waals surface area contributed by atoms with Crippen molar-refractivity contribution in [3.05, 3.63) is 83.2 Å². The maximum Gasteiger partial charge on any atom is 0.260 e. The fourth-order valence-electron chi connectivity index (χ4n) is 3.57. The Bertz CT molecular complexity index is 1400. The van der Waals surface area contributed by atoms with E-state index in [0.717, 1.165) is 5.56 Å². The predicted octanol–water partition coefficient (Wildman–Crippen LogP) is 5.84. The normalized spacial score (nSPS) is 12.9. The molecule has 1 N–H and O–H groups in total. The van der Waals surface area contributed by atoms with Crippen LogP contribution in [-0.4, -0.2) is 18.4 Å². The van der Waals surface area contributed by atoms with Gasteiger partial charge in [0.1, 0.15) is 5.82 Å². The lowest BCUT2D eigenvalue weighted by molar-refractivity contribution is 0.0985. The molecule has 34 heavy (non-hydrogen) atoms. The Morgan fingerprint density at radius 2 is 1.97 bits per heavy atom. The maximum absolute atomic E-state index is 13.9. The third-order valence-corrected chi connectivity index (χ3v) is 6.51. The summed E-state index contributed by atoms with van der Waals surface area (Å²) in [4.78, 5) is 28.8. The van der Waals surface area contributed by atoms with E-state index < -0.39 is 5.82 Å². The molecule has 7 heteroatoms. The Kier molecular flexibility index (Phi) is 6.67. The molecule has 4 rings (SSSR count). The number of benzene rings is 3. The molecule has 5 nitrogen and oxygen atoms in total. The number of amides is 2. The molecule has 0 saturated heterocycles. The summed E-state index contributed by atoms with van der Waals surface area (Å²) in [7, 11) is 0. The van der Waals surface area contributed by atoms with Gasteiger partial charge in [0.25, 0.3) is 11.8 Å². The van der Waals surface area contributed by atoms with E-state index in [1.807, 2.05) is 6.07 Å². The smallest absolute Gasteiger partial charge is 0.260 e. The molecule has 1 unspecified atom stereocenters. The quantitative estimate of drug-likeness (QED) is 0.487. The zero-order chi connectivity index (χ0) is 24.2. The van der Waals surface area contributed by atoms with Crippen molar-refractivity contribution in [3.8, 4) is 17.9 Å². The first-order valence-electron chi connectivity index (χ1n) is 10.5. The van der Waals surface area contributed by atoms with Crippen LogP contribution in [-0.2, 0) is 0 Å². The molecule has 3 aromatic rings. The number of hydrogen-bond donors (Lipinski definition) is 1. The molecule has 1 aliphatic heterocycles. The molecular weight excluding hydrogens is 449 g/mol. The van der Waals surface area contributed by atoms with Crippen LogP contribution in [0.25, 0.3) is 0 Å². The monoisotopic (exact) mass is 469 g/mol. The highest BCUT2D eigenvalue weighted by atomic mass is 32.2. The predicted molar refractivity (Wildman–Crippen MR) is 131 cm³/mol. The maximum atomic E-state index is 13.9. The lowest BCUT2D eigenvalue weighted by Crippen LogP contribution is -2.31. The fourth-order valence-corrected chi connectivity index (χ4v) is 4.71. The minimum atomic E-state index is -0.432. The lowest BCUT2D eigenvalue weighted by Gasteiger charge is -2.21. The molecule has 0 aromatic heterocycles. The van der Waals surface area contributed by atoms with Crippen molar-refractivity contribution in [1.82, 2.24) is 0 Å². The van der Waals surface area contributed by atoms with E-state index in [0.29, 0.717) is 32.3 Å². The van der Waals surface area contributed by atoms with Crippen molar-refractivity contribution >= 4 is 35.0 Å². The van der Waals surface area contributed by atoms with Gasteiger partial charge in [-0.05, 0) is 67.9 Å². The highest BCUT2D eigenvalue weighted by molar-refractivity contribution is 7.99. The molecule has 0 fully saturated rings. The summed E-state index contributed by atoms with van der Waals surface area (Å²) in [6.45, 7) is 3.67.